The minimum atomic E-state index is -4.52. The van der Waals surface area contributed by atoms with Crippen LogP contribution < -0.4 is 16.2 Å². The van der Waals surface area contributed by atoms with Crippen LogP contribution in [0.5, 0.6) is 0 Å². The van der Waals surface area contributed by atoms with Crippen molar-refractivity contribution in [2.45, 2.75) is 11.8 Å². The van der Waals surface area contributed by atoms with Crippen molar-refractivity contribution >= 4 is 49.8 Å². The summed E-state index contributed by atoms with van der Waals surface area (Å²) in [6.45, 7) is 1.78. The molecule has 27 heavy (non-hydrogen) atoms. The first kappa shape index (κ1) is 19.5. The molecule has 0 unspecified atom stereocenters. The molecule has 7 nitrogen and oxygen atoms in total. The molecule has 0 aliphatic heterocycles. The SMILES string of the molecule is Cc1cc(I)ccc1Nc1c(-c2conc2N)cc(S(N)(=O)=O)c(F)c1F. The Balaban J connectivity index is 2.29. The van der Waals surface area contributed by atoms with Crippen molar-refractivity contribution in [3.8, 4) is 11.1 Å². The molecule has 1 aromatic heterocycles. The molecule has 0 aliphatic rings. The van der Waals surface area contributed by atoms with E-state index < -0.39 is 26.6 Å². The number of rotatable bonds is 4. The van der Waals surface area contributed by atoms with E-state index in [-0.39, 0.29) is 22.6 Å². The number of nitrogen functional groups attached to an aromatic ring is 1. The molecule has 3 aromatic rings. The topological polar surface area (TPSA) is 124 Å². The fourth-order valence-electron chi connectivity index (χ4n) is 2.49. The molecule has 0 aliphatic carbocycles. The van der Waals surface area contributed by atoms with E-state index in [2.05, 4.69) is 33.1 Å². The van der Waals surface area contributed by atoms with E-state index in [1.807, 2.05) is 6.07 Å². The Hall–Kier alpha value is -2.25. The van der Waals surface area contributed by atoms with Gasteiger partial charge in [-0.15, -0.1) is 0 Å². The molecular weight excluding hydrogens is 493 g/mol. The lowest BCUT2D eigenvalue weighted by Crippen LogP contribution is -2.16. The van der Waals surface area contributed by atoms with Crippen LogP contribution in [0.15, 0.2) is 39.9 Å². The van der Waals surface area contributed by atoms with Gasteiger partial charge in [-0.3, -0.25) is 0 Å². The molecular formula is C16H13F2IN4O3S. The number of sulfonamides is 1. The van der Waals surface area contributed by atoms with Crippen LogP contribution in [-0.2, 0) is 10.0 Å². The molecule has 5 N–H and O–H groups in total. The molecule has 0 fully saturated rings. The number of aromatic nitrogens is 1. The molecule has 0 saturated heterocycles. The van der Waals surface area contributed by atoms with Crippen LogP contribution in [0.4, 0.5) is 26.0 Å². The zero-order valence-corrected chi connectivity index (χ0v) is 16.7. The van der Waals surface area contributed by atoms with Gasteiger partial charge >= 0.3 is 0 Å². The highest BCUT2D eigenvalue weighted by molar-refractivity contribution is 14.1. The van der Waals surface area contributed by atoms with Gasteiger partial charge in [0, 0.05) is 14.8 Å². The normalized spacial score (nSPS) is 11.6. The standard InChI is InChI=1S/C16H13F2IN4O3S/c1-7-4-8(19)2-3-11(7)22-15-9(10-6-26-23-16(10)20)5-12(27(21,24)25)13(17)14(15)18/h2-6,22H,1H3,(H2,20,23)(H2,21,24,25). The second-order valence-electron chi connectivity index (χ2n) is 5.67. The Morgan fingerprint density at radius 1 is 1.19 bits per heavy atom. The number of halogens is 3. The van der Waals surface area contributed by atoms with Crippen molar-refractivity contribution in [3.05, 3.63) is 51.3 Å². The molecule has 0 saturated carbocycles. The van der Waals surface area contributed by atoms with Gasteiger partial charge in [-0.1, -0.05) is 5.16 Å². The molecule has 0 bridgehead atoms. The Kier molecular flexibility index (Phi) is 5.10. The summed E-state index contributed by atoms with van der Waals surface area (Å²) < 4.78 is 58.2. The van der Waals surface area contributed by atoms with Crippen LogP contribution in [0.1, 0.15) is 5.56 Å². The van der Waals surface area contributed by atoms with Gasteiger partial charge in [-0.25, -0.2) is 22.3 Å². The highest BCUT2D eigenvalue weighted by atomic mass is 127. The third-order valence-electron chi connectivity index (χ3n) is 3.82. The summed E-state index contributed by atoms with van der Waals surface area (Å²) in [5, 5.41) is 11.3. The third kappa shape index (κ3) is 3.75. The highest BCUT2D eigenvalue weighted by Gasteiger charge is 2.27. The van der Waals surface area contributed by atoms with Gasteiger partial charge in [0.05, 0.1) is 11.3 Å². The third-order valence-corrected chi connectivity index (χ3v) is 5.40. The predicted octanol–water partition coefficient (Wildman–Crippen LogP) is 3.51. The summed E-state index contributed by atoms with van der Waals surface area (Å²) >= 11 is 2.12. The zero-order valence-electron chi connectivity index (χ0n) is 13.8. The molecule has 2 aromatic carbocycles. The van der Waals surface area contributed by atoms with Crippen LogP contribution in [0.25, 0.3) is 11.1 Å². The smallest absolute Gasteiger partial charge is 0.241 e. The molecule has 0 radical (unpaired) electrons. The molecule has 0 atom stereocenters. The van der Waals surface area contributed by atoms with Crippen LogP contribution in [-0.4, -0.2) is 13.6 Å². The van der Waals surface area contributed by atoms with Crippen molar-refractivity contribution in [1.82, 2.24) is 5.16 Å². The average Bonchev–Trinajstić information content (AvgIpc) is 2.99. The maximum Gasteiger partial charge on any atom is 0.241 e. The Morgan fingerprint density at radius 3 is 2.44 bits per heavy atom. The number of primary sulfonamides is 1. The minimum absolute atomic E-state index is 0.0605. The number of aryl methyl sites for hydroxylation is 1. The molecule has 3 rings (SSSR count). The van der Waals surface area contributed by atoms with Crippen molar-refractivity contribution in [2.24, 2.45) is 5.14 Å². The monoisotopic (exact) mass is 506 g/mol. The van der Waals surface area contributed by atoms with E-state index in [0.717, 1.165) is 21.5 Å². The molecule has 11 heteroatoms. The van der Waals surface area contributed by atoms with Gasteiger partial charge in [0.25, 0.3) is 0 Å². The summed E-state index contributed by atoms with van der Waals surface area (Å²) in [5.41, 5.74) is 6.67. The Morgan fingerprint density at radius 2 is 1.89 bits per heavy atom. The number of nitrogens with two attached hydrogens (primary N) is 2. The zero-order chi connectivity index (χ0) is 19.9. The first-order valence-corrected chi connectivity index (χ1v) is 10.00. The van der Waals surface area contributed by atoms with Gasteiger partial charge in [-0.05, 0) is 59.3 Å². The lowest BCUT2D eigenvalue weighted by molar-refractivity contribution is 0.423. The van der Waals surface area contributed by atoms with Crippen molar-refractivity contribution in [1.29, 1.82) is 0 Å². The van der Waals surface area contributed by atoms with Gasteiger partial charge in [-0.2, -0.15) is 0 Å². The summed E-state index contributed by atoms with van der Waals surface area (Å²) in [6, 6.07) is 6.18. The quantitative estimate of drug-likeness (QED) is 0.466. The van der Waals surface area contributed by atoms with Crippen LogP contribution in [0.2, 0.25) is 0 Å². The molecule has 1 heterocycles. The largest absolute Gasteiger partial charge is 0.380 e. The number of nitrogens with one attached hydrogen (secondary N) is 1. The minimum Gasteiger partial charge on any atom is -0.380 e. The first-order valence-electron chi connectivity index (χ1n) is 7.37. The van der Waals surface area contributed by atoms with E-state index in [1.54, 1.807) is 19.1 Å². The summed E-state index contributed by atoms with van der Waals surface area (Å²) in [5.74, 6) is -3.14. The predicted molar refractivity (Wildman–Crippen MR) is 105 cm³/mol. The van der Waals surface area contributed by atoms with Gasteiger partial charge in [0.2, 0.25) is 10.0 Å². The second kappa shape index (κ2) is 7.05. The van der Waals surface area contributed by atoms with Crippen molar-refractivity contribution in [3.63, 3.8) is 0 Å². The maximum atomic E-state index is 14.8. The van der Waals surface area contributed by atoms with E-state index in [1.165, 1.54) is 0 Å². The highest BCUT2D eigenvalue weighted by Crippen LogP contribution is 2.39. The Bertz CT molecular complexity index is 1150. The van der Waals surface area contributed by atoms with Crippen molar-refractivity contribution in [2.75, 3.05) is 11.1 Å². The number of anilines is 3. The first-order chi connectivity index (χ1) is 12.6. The van der Waals surface area contributed by atoms with Crippen LogP contribution >= 0.6 is 22.6 Å². The maximum absolute atomic E-state index is 14.8. The fourth-order valence-corrected chi connectivity index (χ4v) is 3.76. The lowest BCUT2D eigenvalue weighted by atomic mass is 10.0. The van der Waals surface area contributed by atoms with Crippen LogP contribution in [0, 0.1) is 22.1 Å². The molecule has 142 valence electrons. The van der Waals surface area contributed by atoms with E-state index >= 15 is 0 Å². The van der Waals surface area contributed by atoms with Gasteiger partial charge in [0.15, 0.2) is 17.5 Å². The Labute approximate surface area is 166 Å². The lowest BCUT2D eigenvalue weighted by Gasteiger charge is -2.16. The number of benzene rings is 2. The average molecular weight is 506 g/mol. The second-order valence-corrected chi connectivity index (χ2v) is 8.44. The van der Waals surface area contributed by atoms with E-state index in [9.17, 15) is 17.2 Å². The summed E-state index contributed by atoms with van der Waals surface area (Å²) in [4.78, 5) is -1.000. The number of hydrogen-bond donors (Lipinski definition) is 3. The summed E-state index contributed by atoms with van der Waals surface area (Å²) in [6.07, 6.45) is 1.10. The van der Waals surface area contributed by atoms with E-state index in [4.69, 9.17) is 15.4 Å². The van der Waals surface area contributed by atoms with Gasteiger partial charge < -0.3 is 15.6 Å². The van der Waals surface area contributed by atoms with Crippen LogP contribution in [0.3, 0.4) is 0 Å². The fraction of sp³-hybridized carbons (Fsp3) is 0.0625. The van der Waals surface area contributed by atoms with Crippen molar-refractivity contribution < 1.29 is 21.7 Å². The number of hydrogen-bond acceptors (Lipinski definition) is 6. The molecule has 0 spiro atoms. The summed E-state index contributed by atoms with van der Waals surface area (Å²) in [7, 11) is -4.52. The van der Waals surface area contributed by atoms with Gasteiger partial charge in [0.1, 0.15) is 11.2 Å². The number of nitrogens with zero attached hydrogens (tertiary/aromatic N) is 1. The molecule has 0 amide bonds. The van der Waals surface area contributed by atoms with E-state index in [0.29, 0.717) is 5.69 Å².